The van der Waals surface area contributed by atoms with Crippen molar-refractivity contribution in [3.63, 3.8) is 0 Å². The number of rotatable bonds is 6. The van der Waals surface area contributed by atoms with E-state index in [-0.39, 0.29) is 41.2 Å². The summed E-state index contributed by atoms with van der Waals surface area (Å²) in [5, 5.41) is 0. The average molecular weight is 348 g/mol. The Morgan fingerprint density at radius 2 is 1.84 bits per heavy atom. The molecule has 0 bridgehead atoms. The first-order chi connectivity index (χ1) is 11.9. The first kappa shape index (κ1) is 18.5. The number of benzene rings is 1. The molecule has 0 fully saturated rings. The van der Waals surface area contributed by atoms with Crippen LogP contribution in [0.15, 0.2) is 40.1 Å². The quantitative estimate of drug-likeness (QED) is 0.737. The lowest BCUT2D eigenvalue weighted by Crippen LogP contribution is -2.45. The molecule has 2 rings (SSSR count). The highest BCUT2D eigenvalue weighted by Crippen LogP contribution is 2.08. The normalized spacial score (nSPS) is 10.7. The van der Waals surface area contributed by atoms with Crippen LogP contribution in [0.25, 0.3) is 0 Å². The standard InChI is InChI=1S/C17H17FN2O5/c1-3-14(21)11-6-5-7-12(8-11)15(22)20-16(23)13(18)9-19(17(20)24)10-25-4-2/h5-9H,3-4,10H2,1-2H3. The molecule has 7 nitrogen and oxygen atoms in total. The molecule has 0 spiro atoms. The van der Waals surface area contributed by atoms with Crippen LogP contribution in [0, 0.1) is 5.82 Å². The molecule has 25 heavy (non-hydrogen) atoms. The fourth-order valence-electron chi connectivity index (χ4n) is 2.19. The van der Waals surface area contributed by atoms with Crippen LogP contribution in [0.5, 0.6) is 0 Å². The van der Waals surface area contributed by atoms with Gasteiger partial charge >= 0.3 is 5.69 Å². The van der Waals surface area contributed by atoms with Crippen molar-refractivity contribution in [1.29, 1.82) is 0 Å². The van der Waals surface area contributed by atoms with E-state index in [1.807, 2.05) is 0 Å². The molecule has 0 N–H and O–H groups in total. The van der Waals surface area contributed by atoms with Crippen LogP contribution in [0.2, 0.25) is 0 Å². The van der Waals surface area contributed by atoms with Gasteiger partial charge in [0.1, 0.15) is 6.73 Å². The van der Waals surface area contributed by atoms with Gasteiger partial charge in [0.15, 0.2) is 5.78 Å². The minimum Gasteiger partial charge on any atom is -0.361 e. The van der Waals surface area contributed by atoms with Crippen LogP contribution in [-0.4, -0.2) is 27.4 Å². The third kappa shape index (κ3) is 3.80. The Hall–Kier alpha value is -2.87. The SMILES string of the molecule is CCOCn1cc(F)c(=O)n(C(=O)c2cccc(C(=O)CC)c2)c1=O. The van der Waals surface area contributed by atoms with E-state index >= 15 is 0 Å². The molecule has 0 saturated carbocycles. The summed E-state index contributed by atoms with van der Waals surface area (Å²) in [7, 11) is 0. The molecule has 0 atom stereocenters. The molecule has 0 radical (unpaired) electrons. The summed E-state index contributed by atoms with van der Waals surface area (Å²) in [4.78, 5) is 48.6. The zero-order valence-electron chi connectivity index (χ0n) is 13.8. The van der Waals surface area contributed by atoms with Gasteiger partial charge in [-0.25, -0.2) is 4.79 Å². The third-order valence-electron chi connectivity index (χ3n) is 3.50. The van der Waals surface area contributed by atoms with Gasteiger partial charge in [0.05, 0.1) is 6.20 Å². The van der Waals surface area contributed by atoms with Crippen LogP contribution in [-0.2, 0) is 11.5 Å². The van der Waals surface area contributed by atoms with Crippen LogP contribution in [0.4, 0.5) is 4.39 Å². The molecule has 1 aromatic heterocycles. The molecule has 1 heterocycles. The third-order valence-corrected chi connectivity index (χ3v) is 3.50. The molecule has 0 amide bonds. The van der Waals surface area contributed by atoms with Crippen LogP contribution in [0.1, 0.15) is 41.0 Å². The molecule has 0 aliphatic rings. The first-order valence-electron chi connectivity index (χ1n) is 7.68. The lowest BCUT2D eigenvalue weighted by Gasteiger charge is -2.10. The summed E-state index contributed by atoms with van der Waals surface area (Å²) in [5.74, 6) is -2.46. The predicted octanol–water partition coefficient (Wildman–Crippen LogP) is 1.42. The summed E-state index contributed by atoms with van der Waals surface area (Å²) in [6, 6.07) is 5.60. The number of aromatic nitrogens is 2. The second kappa shape index (κ2) is 7.80. The molecule has 8 heteroatoms. The Bertz CT molecular complexity index is 929. The minimum absolute atomic E-state index is 0.0629. The van der Waals surface area contributed by atoms with Crippen LogP contribution in [0.3, 0.4) is 0 Å². The van der Waals surface area contributed by atoms with Gasteiger partial charge in [-0.2, -0.15) is 8.96 Å². The Morgan fingerprint density at radius 1 is 1.16 bits per heavy atom. The smallest absolute Gasteiger partial charge is 0.340 e. The average Bonchev–Trinajstić information content (AvgIpc) is 2.63. The van der Waals surface area contributed by atoms with Crippen molar-refractivity contribution >= 4 is 11.7 Å². The largest absolute Gasteiger partial charge is 0.361 e. The van der Waals surface area contributed by atoms with Crippen molar-refractivity contribution in [1.82, 2.24) is 9.13 Å². The topological polar surface area (TPSA) is 87.4 Å². The maximum atomic E-state index is 13.8. The Labute approximate surface area is 142 Å². The summed E-state index contributed by atoms with van der Waals surface area (Å²) >= 11 is 0. The second-order valence-electron chi connectivity index (χ2n) is 5.15. The maximum Gasteiger partial charge on any atom is 0.340 e. The van der Waals surface area contributed by atoms with Crippen molar-refractivity contribution in [3.8, 4) is 0 Å². The zero-order chi connectivity index (χ0) is 18.6. The van der Waals surface area contributed by atoms with Gasteiger partial charge in [-0.05, 0) is 19.1 Å². The highest BCUT2D eigenvalue weighted by molar-refractivity contribution is 6.01. The maximum absolute atomic E-state index is 13.8. The Kier molecular flexibility index (Phi) is 5.76. The fourth-order valence-corrected chi connectivity index (χ4v) is 2.19. The number of carbonyl (C=O) groups is 2. The van der Waals surface area contributed by atoms with Gasteiger partial charge < -0.3 is 4.74 Å². The lowest BCUT2D eigenvalue weighted by atomic mass is 10.1. The second-order valence-corrected chi connectivity index (χ2v) is 5.15. The van der Waals surface area contributed by atoms with Crippen LogP contribution < -0.4 is 11.2 Å². The van der Waals surface area contributed by atoms with Crippen LogP contribution >= 0.6 is 0 Å². The van der Waals surface area contributed by atoms with E-state index < -0.39 is 23.0 Å². The number of hydrogen-bond acceptors (Lipinski definition) is 5. The molecule has 132 valence electrons. The number of carbonyl (C=O) groups excluding carboxylic acids is 2. The van der Waals surface area contributed by atoms with Crippen molar-refractivity contribution < 1.29 is 18.7 Å². The van der Waals surface area contributed by atoms with Crippen molar-refractivity contribution in [2.45, 2.75) is 27.0 Å². The first-order valence-corrected chi connectivity index (χ1v) is 7.68. The molecule has 0 saturated heterocycles. The molecular formula is C17H17FN2O5. The van der Waals surface area contributed by atoms with Crippen molar-refractivity contribution in [2.24, 2.45) is 0 Å². The molecule has 1 aromatic carbocycles. The van der Waals surface area contributed by atoms with Gasteiger partial charge in [-0.15, -0.1) is 0 Å². The van der Waals surface area contributed by atoms with Gasteiger partial charge in [0, 0.05) is 24.2 Å². The van der Waals surface area contributed by atoms with E-state index in [9.17, 15) is 23.6 Å². The Morgan fingerprint density at radius 3 is 2.48 bits per heavy atom. The molecule has 0 unspecified atom stereocenters. The molecule has 0 aliphatic heterocycles. The number of nitrogens with zero attached hydrogens (tertiary/aromatic N) is 2. The monoisotopic (exact) mass is 348 g/mol. The number of ketones is 1. The van der Waals surface area contributed by atoms with E-state index in [0.717, 1.165) is 4.57 Å². The van der Waals surface area contributed by atoms with E-state index in [2.05, 4.69) is 0 Å². The van der Waals surface area contributed by atoms with Gasteiger partial charge in [0.25, 0.3) is 11.5 Å². The summed E-state index contributed by atoms with van der Waals surface area (Å²) in [6.07, 6.45) is 0.930. The van der Waals surface area contributed by atoms with Gasteiger partial charge in [-0.1, -0.05) is 19.1 Å². The van der Waals surface area contributed by atoms with E-state index in [1.54, 1.807) is 13.8 Å². The highest BCUT2D eigenvalue weighted by atomic mass is 19.1. The minimum atomic E-state index is -1.35. The fraction of sp³-hybridized carbons (Fsp3) is 0.294. The highest BCUT2D eigenvalue weighted by Gasteiger charge is 2.19. The molecule has 0 aliphatic carbocycles. The van der Waals surface area contributed by atoms with E-state index in [1.165, 1.54) is 24.3 Å². The number of hydrogen-bond donors (Lipinski definition) is 0. The Balaban J connectivity index is 2.56. The lowest BCUT2D eigenvalue weighted by molar-refractivity contribution is 0.0797. The molecule has 2 aromatic rings. The number of Topliss-reactive ketones (excluding diaryl/α,β-unsaturated/α-hetero) is 1. The molecular weight excluding hydrogens is 331 g/mol. The summed E-state index contributed by atoms with van der Waals surface area (Å²) in [6.45, 7) is 3.32. The van der Waals surface area contributed by atoms with Gasteiger partial charge in [-0.3, -0.25) is 19.0 Å². The summed E-state index contributed by atoms with van der Waals surface area (Å²) in [5.41, 5.74) is -2.16. The van der Waals surface area contributed by atoms with E-state index in [0.29, 0.717) is 6.20 Å². The van der Waals surface area contributed by atoms with Crippen molar-refractivity contribution in [3.05, 3.63) is 68.2 Å². The summed E-state index contributed by atoms with van der Waals surface area (Å²) < 4.78 is 19.8. The number of halogens is 1. The zero-order valence-corrected chi connectivity index (χ0v) is 13.8. The van der Waals surface area contributed by atoms with Gasteiger partial charge in [0.2, 0.25) is 5.82 Å². The number of ether oxygens (including phenoxy) is 1. The predicted molar refractivity (Wildman–Crippen MR) is 87.3 cm³/mol. The van der Waals surface area contributed by atoms with E-state index in [4.69, 9.17) is 4.74 Å². The van der Waals surface area contributed by atoms with Crippen molar-refractivity contribution in [2.75, 3.05) is 6.61 Å².